The van der Waals surface area contributed by atoms with Crippen molar-refractivity contribution in [2.75, 3.05) is 12.4 Å². The molecule has 0 radical (unpaired) electrons. The zero-order valence-corrected chi connectivity index (χ0v) is 21.0. The van der Waals surface area contributed by atoms with Gasteiger partial charge in [-0.15, -0.1) is 0 Å². The molecule has 7 heteroatoms. The molecule has 38 heavy (non-hydrogen) atoms. The molecule has 5 rings (SSSR count). The highest BCUT2D eigenvalue weighted by Crippen LogP contribution is 2.31. The number of aliphatic hydroxyl groups is 1. The summed E-state index contributed by atoms with van der Waals surface area (Å²) < 4.78 is 10.0. The zero-order chi connectivity index (χ0) is 26.7. The number of fused-ring (bicyclic) bond motifs is 1. The van der Waals surface area contributed by atoms with Crippen LogP contribution in [0.3, 0.4) is 0 Å². The van der Waals surface area contributed by atoms with Gasteiger partial charge in [0.2, 0.25) is 0 Å². The molecule has 1 aromatic heterocycles. The Labute approximate surface area is 219 Å². The number of amides is 1. The number of carbonyl (C=O) groups is 1. The Bertz CT molecular complexity index is 1650. The number of nitrogens with zero attached hydrogens (tertiary/aromatic N) is 1. The highest BCUT2D eigenvalue weighted by molar-refractivity contribution is 6.00. The molecule has 0 aliphatic rings. The Kier molecular flexibility index (Phi) is 6.77. The number of hydrogen-bond acceptors (Lipinski definition) is 6. The second-order valence-corrected chi connectivity index (χ2v) is 9.10. The van der Waals surface area contributed by atoms with Crippen molar-refractivity contribution in [1.82, 2.24) is 5.16 Å². The maximum absolute atomic E-state index is 13.7. The predicted molar refractivity (Wildman–Crippen MR) is 146 cm³/mol. The Morgan fingerprint density at radius 2 is 1.61 bits per heavy atom. The van der Waals surface area contributed by atoms with Crippen molar-refractivity contribution in [3.8, 4) is 16.9 Å². The summed E-state index contributed by atoms with van der Waals surface area (Å²) in [5, 5.41) is 19.5. The van der Waals surface area contributed by atoms with Crippen LogP contribution in [-0.2, 0) is 16.8 Å². The first-order valence-electron chi connectivity index (χ1n) is 12.1. The second kappa shape index (κ2) is 10.3. The minimum atomic E-state index is -1.89. The van der Waals surface area contributed by atoms with Crippen LogP contribution < -0.4 is 15.7 Å². The zero-order valence-electron chi connectivity index (χ0n) is 21.0. The van der Waals surface area contributed by atoms with E-state index < -0.39 is 17.1 Å². The fraction of sp³-hybridized carbons (Fsp3) is 0.129. The fourth-order valence-electron chi connectivity index (χ4n) is 4.46. The van der Waals surface area contributed by atoms with Gasteiger partial charge in [0, 0.05) is 17.5 Å². The van der Waals surface area contributed by atoms with Crippen LogP contribution in [0.4, 0.5) is 5.69 Å². The topological polar surface area (TPSA) is 102 Å². The lowest BCUT2D eigenvalue weighted by Gasteiger charge is -2.28. The number of hydrogen-bond donors (Lipinski definition) is 2. The molecule has 7 nitrogen and oxygen atoms in total. The van der Waals surface area contributed by atoms with Gasteiger partial charge in [-0.3, -0.25) is 4.79 Å². The van der Waals surface area contributed by atoms with E-state index in [-0.39, 0.29) is 6.42 Å². The number of nitrogens with one attached hydrogen (secondary N) is 1. The van der Waals surface area contributed by atoms with Gasteiger partial charge in [0.05, 0.1) is 18.2 Å². The molecule has 1 atom stereocenters. The van der Waals surface area contributed by atoms with E-state index >= 15 is 0 Å². The van der Waals surface area contributed by atoms with Crippen LogP contribution in [-0.4, -0.2) is 23.3 Å². The molecule has 0 aliphatic carbocycles. The summed E-state index contributed by atoms with van der Waals surface area (Å²) in [6, 6.07) is 29.2. The summed E-state index contributed by atoms with van der Waals surface area (Å²) in [5.41, 5.74) is 1.70. The summed E-state index contributed by atoms with van der Waals surface area (Å²) in [7, 11) is 1.58. The Morgan fingerprint density at radius 3 is 2.29 bits per heavy atom. The number of anilines is 1. The number of methoxy groups -OCH3 is 1. The summed E-state index contributed by atoms with van der Waals surface area (Å²) in [6.07, 6.45) is 0.0330. The third kappa shape index (κ3) is 4.92. The Balaban J connectivity index is 1.51. The molecule has 2 N–H and O–H groups in total. The van der Waals surface area contributed by atoms with E-state index in [1.807, 2.05) is 54.6 Å². The second-order valence-electron chi connectivity index (χ2n) is 9.10. The van der Waals surface area contributed by atoms with Crippen LogP contribution in [0.25, 0.3) is 21.9 Å². The standard InChI is InChI=1S/C31H26N2O5/c1-20-28-18-25(14-17-27(28)29(34)38-33-20)32-30(35)31(36,19-21-8-15-26(37-2)16-9-21)24-12-10-23(11-13-24)22-6-4-3-5-7-22/h3-18,36H,19H2,1-2H3,(H,32,35). The summed E-state index contributed by atoms with van der Waals surface area (Å²) in [4.78, 5) is 25.7. The minimum Gasteiger partial charge on any atom is -0.497 e. The van der Waals surface area contributed by atoms with Gasteiger partial charge >= 0.3 is 5.63 Å². The normalized spacial score (nSPS) is 12.6. The third-order valence-electron chi connectivity index (χ3n) is 6.62. The lowest BCUT2D eigenvalue weighted by atomic mass is 9.85. The van der Waals surface area contributed by atoms with Gasteiger partial charge in [-0.05, 0) is 59.5 Å². The van der Waals surface area contributed by atoms with Crippen LogP contribution in [0.2, 0.25) is 0 Å². The van der Waals surface area contributed by atoms with Crippen molar-refractivity contribution < 1.29 is 19.2 Å². The molecular formula is C31H26N2O5. The number of aromatic nitrogens is 1. The van der Waals surface area contributed by atoms with Gasteiger partial charge in [0.15, 0.2) is 5.60 Å². The van der Waals surface area contributed by atoms with Gasteiger partial charge in [-0.2, -0.15) is 0 Å². The van der Waals surface area contributed by atoms with E-state index in [1.54, 1.807) is 56.5 Å². The molecular weight excluding hydrogens is 480 g/mol. The van der Waals surface area contributed by atoms with Gasteiger partial charge in [0.1, 0.15) is 5.75 Å². The number of benzene rings is 4. The van der Waals surface area contributed by atoms with Gasteiger partial charge in [0.25, 0.3) is 5.91 Å². The minimum absolute atomic E-state index is 0.0330. The van der Waals surface area contributed by atoms with Crippen LogP contribution >= 0.6 is 0 Å². The van der Waals surface area contributed by atoms with Gasteiger partial charge in [-0.1, -0.05) is 71.9 Å². The number of rotatable bonds is 7. The highest BCUT2D eigenvalue weighted by atomic mass is 16.5. The van der Waals surface area contributed by atoms with Crippen molar-refractivity contribution in [2.24, 2.45) is 0 Å². The Morgan fingerprint density at radius 1 is 0.921 bits per heavy atom. The quantitative estimate of drug-likeness (QED) is 0.313. The fourth-order valence-corrected chi connectivity index (χ4v) is 4.46. The van der Waals surface area contributed by atoms with E-state index in [4.69, 9.17) is 9.26 Å². The summed E-state index contributed by atoms with van der Waals surface area (Å²) >= 11 is 0. The van der Waals surface area contributed by atoms with Gasteiger partial charge in [-0.25, -0.2) is 4.79 Å². The van der Waals surface area contributed by atoms with Crippen molar-refractivity contribution in [1.29, 1.82) is 0 Å². The van der Waals surface area contributed by atoms with E-state index in [0.717, 1.165) is 16.7 Å². The lowest BCUT2D eigenvalue weighted by molar-refractivity contribution is -0.135. The molecule has 5 aromatic rings. The average molecular weight is 507 g/mol. The van der Waals surface area contributed by atoms with Crippen molar-refractivity contribution in [3.63, 3.8) is 0 Å². The maximum atomic E-state index is 13.7. The van der Waals surface area contributed by atoms with Crippen LogP contribution in [0.1, 0.15) is 16.8 Å². The maximum Gasteiger partial charge on any atom is 0.366 e. The van der Waals surface area contributed by atoms with Crippen LogP contribution in [0.5, 0.6) is 5.75 Å². The van der Waals surface area contributed by atoms with Crippen molar-refractivity contribution in [2.45, 2.75) is 18.9 Å². The average Bonchev–Trinajstić information content (AvgIpc) is 2.96. The molecule has 0 aliphatic heterocycles. The Hall–Kier alpha value is -4.75. The first-order chi connectivity index (χ1) is 18.4. The predicted octanol–water partition coefficient (Wildman–Crippen LogP) is 5.24. The van der Waals surface area contributed by atoms with Crippen LogP contribution in [0.15, 0.2) is 106 Å². The van der Waals surface area contributed by atoms with E-state index in [2.05, 4.69) is 10.5 Å². The lowest BCUT2D eigenvalue weighted by Crippen LogP contribution is -2.42. The molecule has 1 amide bonds. The molecule has 0 spiro atoms. The SMILES string of the molecule is COc1ccc(CC(O)(C(=O)Nc2ccc3c(=O)onc(C)c3c2)c2ccc(-c3ccccc3)cc2)cc1. The largest absolute Gasteiger partial charge is 0.497 e. The molecule has 1 unspecified atom stereocenters. The van der Waals surface area contributed by atoms with Crippen molar-refractivity contribution in [3.05, 3.63) is 124 Å². The van der Waals surface area contributed by atoms with Crippen molar-refractivity contribution >= 4 is 22.4 Å². The number of ether oxygens (including phenoxy) is 1. The first kappa shape index (κ1) is 24.9. The van der Waals surface area contributed by atoms with Gasteiger partial charge < -0.3 is 19.7 Å². The third-order valence-corrected chi connectivity index (χ3v) is 6.62. The summed E-state index contributed by atoms with van der Waals surface area (Å²) in [5.74, 6) is 0.0762. The number of carbonyl (C=O) groups excluding carboxylic acids is 1. The highest BCUT2D eigenvalue weighted by Gasteiger charge is 2.38. The van der Waals surface area contributed by atoms with Crippen LogP contribution in [0, 0.1) is 6.92 Å². The molecule has 0 saturated carbocycles. The molecule has 190 valence electrons. The smallest absolute Gasteiger partial charge is 0.366 e. The molecule has 0 bridgehead atoms. The van der Waals surface area contributed by atoms with E-state index in [0.29, 0.717) is 33.5 Å². The summed E-state index contributed by atoms with van der Waals surface area (Å²) in [6.45, 7) is 1.71. The first-order valence-corrected chi connectivity index (χ1v) is 12.1. The number of aryl methyl sites for hydroxylation is 1. The molecule has 1 heterocycles. The monoisotopic (exact) mass is 506 g/mol. The molecule has 0 fully saturated rings. The van der Waals surface area contributed by atoms with E-state index in [1.165, 1.54) is 0 Å². The molecule has 0 saturated heterocycles. The molecule has 4 aromatic carbocycles. The van der Waals surface area contributed by atoms with E-state index in [9.17, 15) is 14.7 Å².